The average Bonchev–Trinajstić information content (AvgIpc) is 2.62. The molecule has 0 unspecified atom stereocenters. The third kappa shape index (κ3) is 4.16. The summed E-state index contributed by atoms with van der Waals surface area (Å²) < 4.78 is 11.3. The van der Waals surface area contributed by atoms with Crippen molar-refractivity contribution in [3.63, 3.8) is 0 Å². The predicted molar refractivity (Wildman–Crippen MR) is 88.8 cm³/mol. The van der Waals surface area contributed by atoms with Gasteiger partial charge in [0.15, 0.2) is 0 Å². The number of nitrogens with zero attached hydrogens (tertiary/aromatic N) is 2. The van der Waals surface area contributed by atoms with Crippen LogP contribution in [0.5, 0.6) is 5.75 Å². The number of urea groups is 1. The molecule has 5 nitrogen and oxygen atoms in total. The maximum Gasteiger partial charge on any atom is 0.320 e. The lowest BCUT2D eigenvalue weighted by atomic mass is 9.98. The Morgan fingerprint density at radius 2 is 1.78 bits per heavy atom. The topological polar surface area (TPSA) is 42.0 Å². The lowest BCUT2D eigenvalue weighted by Gasteiger charge is -2.37. The highest BCUT2D eigenvalue weighted by atomic mass is 16.5. The maximum atomic E-state index is 12.4. The summed E-state index contributed by atoms with van der Waals surface area (Å²) in [6, 6.07) is 8.29. The molecule has 2 fully saturated rings. The molecule has 0 aliphatic carbocycles. The van der Waals surface area contributed by atoms with E-state index in [1.54, 1.807) is 0 Å². The summed E-state index contributed by atoms with van der Waals surface area (Å²) in [5.74, 6) is 1.50. The summed E-state index contributed by atoms with van der Waals surface area (Å²) in [6.07, 6.45) is 2.03. The van der Waals surface area contributed by atoms with E-state index in [4.69, 9.17) is 9.47 Å². The second-order valence-corrected chi connectivity index (χ2v) is 6.39. The number of piperidine rings is 1. The van der Waals surface area contributed by atoms with Gasteiger partial charge in [-0.15, -0.1) is 0 Å². The van der Waals surface area contributed by atoms with Gasteiger partial charge in [-0.1, -0.05) is 18.2 Å². The molecule has 3 rings (SSSR count). The van der Waals surface area contributed by atoms with Crippen LogP contribution in [0.2, 0.25) is 0 Å². The molecule has 1 aromatic rings. The Morgan fingerprint density at radius 1 is 1.13 bits per heavy atom. The Balaban J connectivity index is 1.43. The molecule has 23 heavy (non-hydrogen) atoms. The fraction of sp³-hybridized carbons (Fsp3) is 0.611. The molecule has 2 aliphatic rings. The van der Waals surface area contributed by atoms with Crippen LogP contribution in [0.3, 0.4) is 0 Å². The molecule has 0 atom stereocenters. The van der Waals surface area contributed by atoms with E-state index in [1.807, 2.05) is 28.0 Å². The third-order valence-electron chi connectivity index (χ3n) is 4.73. The smallest absolute Gasteiger partial charge is 0.320 e. The first kappa shape index (κ1) is 16.1. The second kappa shape index (κ2) is 7.68. The van der Waals surface area contributed by atoms with Crippen molar-refractivity contribution in [3.8, 4) is 5.75 Å². The van der Waals surface area contributed by atoms with Crippen molar-refractivity contribution >= 4 is 6.03 Å². The number of likely N-dealkylation sites (tertiary alicyclic amines) is 1. The van der Waals surface area contributed by atoms with Gasteiger partial charge in [-0.25, -0.2) is 4.79 Å². The molecule has 0 spiro atoms. The van der Waals surface area contributed by atoms with Crippen molar-refractivity contribution < 1.29 is 14.3 Å². The van der Waals surface area contributed by atoms with Gasteiger partial charge in [0, 0.05) is 26.2 Å². The molecule has 2 amide bonds. The molecule has 2 aliphatic heterocycles. The second-order valence-electron chi connectivity index (χ2n) is 6.39. The molecule has 0 saturated carbocycles. The van der Waals surface area contributed by atoms with Crippen LogP contribution in [-0.2, 0) is 4.74 Å². The minimum atomic E-state index is 0.173. The van der Waals surface area contributed by atoms with Crippen LogP contribution in [0.1, 0.15) is 18.4 Å². The molecule has 5 heteroatoms. The van der Waals surface area contributed by atoms with Crippen LogP contribution in [0, 0.1) is 12.8 Å². The van der Waals surface area contributed by atoms with Gasteiger partial charge in [0.05, 0.1) is 19.8 Å². The summed E-state index contributed by atoms with van der Waals surface area (Å²) in [7, 11) is 0. The Bertz CT molecular complexity index is 521. The lowest BCUT2D eigenvalue weighted by molar-refractivity contribution is 0.0389. The molecular formula is C18H26N2O3. The lowest BCUT2D eigenvalue weighted by Crippen LogP contribution is -2.50. The number of amides is 2. The number of carbonyl (C=O) groups is 1. The number of para-hydroxylation sites is 1. The predicted octanol–water partition coefficient (Wildman–Crippen LogP) is 2.54. The van der Waals surface area contributed by atoms with Crippen molar-refractivity contribution in [1.82, 2.24) is 9.80 Å². The summed E-state index contributed by atoms with van der Waals surface area (Å²) in [5, 5.41) is 0. The molecule has 1 aromatic carbocycles. The number of hydrogen-bond donors (Lipinski definition) is 0. The van der Waals surface area contributed by atoms with Crippen molar-refractivity contribution in [1.29, 1.82) is 0 Å². The summed E-state index contributed by atoms with van der Waals surface area (Å²) in [6.45, 7) is 7.22. The highest BCUT2D eigenvalue weighted by Gasteiger charge is 2.27. The van der Waals surface area contributed by atoms with Gasteiger partial charge < -0.3 is 19.3 Å². The summed E-state index contributed by atoms with van der Waals surface area (Å²) in [4.78, 5) is 16.3. The fourth-order valence-electron chi connectivity index (χ4n) is 3.17. The number of ether oxygens (including phenoxy) is 2. The van der Waals surface area contributed by atoms with Gasteiger partial charge >= 0.3 is 6.03 Å². The number of benzene rings is 1. The standard InChI is InChI=1S/C18H26N2O3/c1-15-4-2-3-5-17(15)23-14-16-6-8-19(9-7-16)18(21)20-10-12-22-13-11-20/h2-5,16H,6-14H2,1H3. The Hall–Kier alpha value is -1.75. The molecular weight excluding hydrogens is 292 g/mol. The normalized spacial score (nSPS) is 19.7. The summed E-state index contributed by atoms with van der Waals surface area (Å²) >= 11 is 0. The number of hydrogen-bond acceptors (Lipinski definition) is 3. The molecule has 2 heterocycles. The largest absolute Gasteiger partial charge is 0.493 e. The van der Waals surface area contributed by atoms with E-state index < -0.39 is 0 Å². The number of carbonyl (C=O) groups excluding carboxylic acids is 1. The monoisotopic (exact) mass is 318 g/mol. The Labute approximate surface area is 138 Å². The Morgan fingerprint density at radius 3 is 2.48 bits per heavy atom. The van der Waals surface area contributed by atoms with Gasteiger partial charge in [-0.05, 0) is 37.3 Å². The molecule has 0 aromatic heterocycles. The highest BCUT2D eigenvalue weighted by Crippen LogP contribution is 2.22. The van der Waals surface area contributed by atoms with Crippen LogP contribution in [0.25, 0.3) is 0 Å². The van der Waals surface area contributed by atoms with E-state index >= 15 is 0 Å². The number of morpholine rings is 1. The van der Waals surface area contributed by atoms with E-state index in [1.165, 1.54) is 5.56 Å². The Kier molecular flexibility index (Phi) is 5.39. The van der Waals surface area contributed by atoms with Crippen LogP contribution >= 0.6 is 0 Å². The first-order valence-corrected chi connectivity index (χ1v) is 8.54. The number of aryl methyl sites for hydroxylation is 1. The molecule has 2 saturated heterocycles. The van der Waals surface area contributed by atoms with Crippen LogP contribution < -0.4 is 4.74 Å². The third-order valence-corrected chi connectivity index (χ3v) is 4.73. The minimum Gasteiger partial charge on any atom is -0.493 e. The minimum absolute atomic E-state index is 0.173. The van der Waals surface area contributed by atoms with Crippen molar-refractivity contribution in [2.24, 2.45) is 5.92 Å². The van der Waals surface area contributed by atoms with Gasteiger partial charge in [-0.3, -0.25) is 0 Å². The average molecular weight is 318 g/mol. The maximum absolute atomic E-state index is 12.4. The zero-order valence-electron chi connectivity index (χ0n) is 13.9. The molecule has 0 N–H and O–H groups in total. The first-order chi connectivity index (χ1) is 11.2. The van der Waals surface area contributed by atoms with E-state index in [-0.39, 0.29) is 6.03 Å². The quantitative estimate of drug-likeness (QED) is 0.860. The number of rotatable bonds is 3. The van der Waals surface area contributed by atoms with E-state index in [0.717, 1.165) is 51.4 Å². The van der Waals surface area contributed by atoms with Crippen LogP contribution in [-0.4, -0.2) is 61.8 Å². The zero-order chi connectivity index (χ0) is 16.1. The molecule has 0 bridgehead atoms. The van der Waals surface area contributed by atoms with Gasteiger partial charge in [0.25, 0.3) is 0 Å². The SMILES string of the molecule is Cc1ccccc1OCC1CCN(C(=O)N2CCOCC2)CC1. The van der Waals surface area contributed by atoms with Crippen LogP contribution in [0.4, 0.5) is 4.79 Å². The van der Waals surface area contributed by atoms with Crippen LogP contribution in [0.15, 0.2) is 24.3 Å². The van der Waals surface area contributed by atoms with E-state index in [9.17, 15) is 4.79 Å². The van der Waals surface area contributed by atoms with E-state index in [2.05, 4.69) is 13.0 Å². The zero-order valence-corrected chi connectivity index (χ0v) is 13.9. The van der Waals surface area contributed by atoms with Crippen molar-refractivity contribution in [2.45, 2.75) is 19.8 Å². The van der Waals surface area contributed by atoms with Gasteiger partial charge in [-0.2, -0.15) is 0 Å². The molecule has 126 valence electrons. The van der Waals surface area contributed by atoms with E-state index in [0.29, 0.717) is 19.1 Å². The van der Waals surface area contributed by atoms with Gasteiger partial charge in [0.2, 0.25) is 0 Å². The van der Waals surface area contributed by atoms with Crippen molar-refractivity contribution in [3.05, 3.63) is 29.8 Å². The fourth-order valence-corrected chi connectivity index (χ4v) is 3.17. The van der Waals surface area contributed by atoms with Crippen molar-refractivity contribution in [2.75, 3.05) is 46.0 Å². The molecule has 0 radical (unpaired) electrons. The van der Waals surface area contributed by atoms with Gasteiger partial charge in [0.1, 0.15) is 5.75 Å². The summed E-state index contributed by atoms with van der Waals surface area (Å²) in [5.41, 5.74) is 1.17. The first-order valence-electron chi connectivity index (χ1n) is 8.54. The highest BCUT2D eigenvalue weighted by molar-refractivity contribution is 5.74.